The number of H-pyrrole nitrogens is 1. The van der Waals surface area contributed by atoms with Crippen molar-refractivity contribution in [3.8, 4) is 22.4 Å². The molecule has 4 aromatic rings. The van der Waals surface area contributed by atoms with E-state index in [1.165, 1.54) is 0 Å². The highest BCUT2D eigenvalue weighted by Crippen LogP contribution is 2.40. The van der Waals surface area contributed by atoms with Crippen LogP contribution in [0, 0.1) is 0 Å². The van der Waals surface area contributed by atoms with Crippen LogP contribution in [-0.2, 0) is 4.74 Å². The van der Waals surface area contributed by atoms with Gasteiger partial charge in [0.05, 0.1) is 24.3 Å². The van der Waals surface area contributed by atoms with Crippen molar-refractivity contribution in [1.29, 1.82) is 0 Å². The lowest BCUT2D eigenvalue weighted by atomic mass is 9.99. The summed E-state index contributed by atoms with van der Waals surface area (Å²) in [7, 11) is 0. The predicted octanol–water partition coefficient (Wildman–Crippen LogP) is 4.04. The quantitative estimate of drug-likeness (QED) is 0.512. The van der Waals surface area contributed by atoms with E-state index in [2.05, 4.69) is 73.7 Å². The molecule has 6 nitrogen and oxygen atoms in total. The molecule has 6 heteroatoms. The van der Waals surface area contributed by atoms with E-state index in [0.717, 1.165) is 78.6 Å². The summed E-state index contributed by atoms with van der Waals surface area (Å²) in [5, 5.41) is 4.59. The van der Waals surface area contributed by atoms with Crippen LogP contribution < -0.4 is 5.32 Å². The molecule has 0 spiro atoms. The van der Waals surface area contributed by atoms with Gasteiger partial charge in [-0.25, -0.2) is 9.97 Å². The van der Waals surface area contributed by atoms with E-state index in [0.29, 0.717) is 0 Å². The molecule has 1 fully saturated rings. The molecule has 2 aromatic carbocycles. The summed E-state index contributed by atoms with van der Waals surface area (Å²) in [5.41, 5.74) is 5.32. The molecule has 30 heavy (non-hydrogen) atoms. The second-order valence-electron chi connectivity index (χ2n) is 7.43. The first kappa shape index (κ1) is 18.8. The Labute approximate surface area is 175 Å². The van der Waals surface area contributed by atoms with Crippen molar-refractivity contribution in [2.24, 2.45) is 0 Å². The van der Waals surface area contributed by atoms with Gasteiger partial charge >= 0.3 is 0 Å². The molecule has 1 saturated heterocycles. The molecule has 1 aliphatic rings. The van der Waals surface area contributed by atoms with Gasteiger partial charge in [0.15, 0.2) is 0 Å². The Morgan fingerprint density at radius 1 is 0.900 bits per heavy atom. The van der Waals surface area contributed by atoms with E-state index in [4.69, 9.17) is 4.74 Å². The number of aromatic nitrogens is 3. The highest BCUT2D eigenvalue weighted by Gasteiger charge is 2.19. The van der Waals surface area contributed by atoms with Crippen LogP contribution in [-0.4, -0.2) is 59.2 Å². The number of benzene rings is 2. The number of morpholine rings is 1. The number of hydrogen-bond donors (Lipinski definition) is 2. The molecule has 2 N–H and O–H groups in total. The molecule has 2 aromatic heterocycles. The first-order valence-corrected chi connectivity index (χ1v) is 10.4. The molecular formula is C24H25N5O. The summed E-state index contributed by atoms with van der Waals surface area (Å²) >= 11 is 0. The first-order chi connectivity index (χ1) is 14.9. The van der Waals surface area contributed by atoms with Crippen LogP contribution in [0.3, 0.4) is 0 Å². The summed E-state index contributed by atoms with van der Waals surface area (Å²) in [6.07, 6.45) is 1.62. The lowest BCUT2D eigenvalue weighted by molar-refractivity contribution is 0.0398. The second-order valence-corrected chi connectivity index (χ2v) is 7.43. The van der Waals surface area contributed by atoms with Crippen LogP contribution in [0.15, 0.2) is 67.0 Å². The Kier molecular flexibility index (Phi) is 5.42. The zero-order valence-electron chi connectivity index (χ0n) is 16.8. The van der Waals surface area contributed by atoms with E-state index in [1.807, 2.05) is 12.1 Å². The molecule has 0 saturated carbocycles. The fourth-order valence-electron chi connectivity index (χ4n) is 4.03. The van der Waals surface area contributed by atoms with Crippen LogP contribution in [0.25, 0.3) is 33.4 Å². The van der Waals surface area contributed by atoms with E-state index in [1.54, 1.807) is 6.33 Å². The van der Waals surface area contributed by atoms with E-state index >= 15 is 0 Å². The smallest absolute Gasteiger partial charge is 0.143 e. The fourth-order valence-corrected chi connectivity index (χ4v) is 4.03. The number of anilines is 1. The number of hydrogen-bond acceptors (Lipinski definition) is 5. The molecule has 3 heterocycles. The molecule has 0 amide bonds. The monoisotopic (exact) mass is 399 g/mol. The molecule has 152 valence electrons. The topological polar surface area (TPSA) is 66.1 Å². The van der Waals surface area contributed by atoms with Crippen molar-refractivity contribution < 1.29 is 4.74 Å². The summed E-state index contributed by atoms with van der Waals surface area (Å²) in [6, 6.07) is 20.8. The number of nitrogens with zero attached hydrogens (tertiary/aromatic N) is 3. The second kappa shape index (κ2) is 8.65. The maximum Gasteiger partial charge on any atom is 0.143 e. The number of ether oxygens (including phenoxy) is 1. The summed E-state index contributed by atoms with van der Waals surface area (Å²) in [5.74, 6) is 0.866. The Morgan fingerprint density at radius 3 is 2.33 bits per heavy atom. The van der Waals surface area contributed by atoms with Gasteiger partial charge in [0.25, 0.3) is 0 Å². The van der Waals surface area contributed by atoms with Gasteiger partial charge in [-0.05, 0) is 11.1 Å². The number of rotatable bonds is 6. The minimum absolute atomic E-state index is 0.814. The van der Waals surface area contributed by atoms with Crippen LogP contribution in [0.2, 0.25) is 0 Å². The standard InChI is InChI=1S/C24H25N5O/c1-3-7-18(8-4-1)20-21-23(25-11-12-29-13-15-30-16-14-29)26-17-27-24(21)28-22(20)19-9-5-2-6-10-19/h1-10,17H,11-16H2,(H2,25,26,27,28). The Morgan fingerprint density at radius 2 is 1.60 bits per heavy atom. The molecular weight excluding hydrogens is 374 g/mol. The normalized spacial score (nSPS) is 14.8. The molecule has 0 bridgehead atoms. The maximum absolute atomic E-state index is 5.44. The molecule has 1 aliphatic heterocycles. The van der Waals surface area contributed by atoms with Crippen LogP contribution in [0.5, 0.6) is 0 Å². The molecule has 5 rings (SSSR count). The van der Waals surface area contributed by atoms with Gasteiger partial charge in [-0.1, -0.05) is 60.7 Å². The number of nitrogens with one attached hydrogen (secondary N) is 2. The van der Waals surface area contributed by atoms with E-state index in [9.17, 15) is 0 Å². The van der Waals surface area contributed by atoms with Gasteiger partial charge in [0, 0.05) is 31.7 Å². The number of aromatic amines is 1. The first-order valence-electron chi connectivity index (χ1n) is 10.4. The van der Waals surface area contributed by atoms with Crippen molar-refractivity contribution in [2.75, 3.05) is 44.7 Å². The summed E-state index contributed by atoms with van der Waals surface area (Å²) in [6.45, 7) is 5.39. The molecule has 0 unspecified atom stereocenters. The highest BCUT2D eigenvalue weighted by molar-refractivity contribution is 6.07. The third-order valence-corrected chi connectivity index (χ3v) is 5.54. The Bertz CT molecular complexity index is 1100. The Balaban J connectivity index is 1.54. The van der Waals surface area contributed by atoms with Gasteiger partial charge in [-0.15, -0.1) is 0 Å². The largest absolute Gasteiger partial charge is 0.379 e. The van der Waals surface area contributed by atoms with Crippen molar-refractivity contribution in [3.63, 3.8) is 0 Å². The van der Waals surface area contributed by atoms with Crippen LogP contribution in [0.1, 0.15) is 0 Å². The molecule has 0 atom stereocenters. The van der Waals surface area contributed by atoms with Crippen molar-refractivity contribution in [3.05, 3.63) is 67.0 Å². The summed E-state index contributed by atoms with van der Waals surface area (Å²) in [4.78, 5) is 15.1. The van der Waals surface area contributed by atoms with Crippen LogP contribution in [0.4, 0.5) is 5.82 Å². The van der Waals surface area contributed by atoms with Gasteiger partial charge in [0.2, 0.25) is 0 Å². The maximum atomic E-state index is 5.44. The molecule has 0 radical (unpaired) electrons. The Hall–Kier alpha value is -3.22. The lowest BCUT2D eigenvalue weighted by Gasteiger charge is -2.26. The van der Waals surface area contributed by atoms with Gasteiger partial charge in [0.1, 0.15) is 17.8 Å². The SMILES string of the molecule is c1ccc(-c2[nH]c3ncnc(NCCN4CCOCC4)c3c2-c2ccccc2)cc1. The van der Waals surface area contributed by atoms with Crippen molar-refractivity contribution in [1.82, 2.24) is 19.9 Å². The van der Waals surface area contributed by atoms with E-state index in [-0.39, 0.29) is 0 Å². The minimum atomic E-state index is 0.814. The van der Waals surface area contributed by atoms with Crippen molar-refractivity contribution in [2.45, 2.75) is 0 Å². The van der Waals surface area contributed by atoms with E-state index < -0.39 is 0 Å². The summed E-state index contributed by atoms with van der Waals surface area (Å²) < 4.78 is 5.44. The zero-order chi connectivity index (χ0) is 20.2. The predicted molar refractivity (Wildman–Crippen MR) is 121 cm³/mol. The fraction of sp³-hybridized carbons (Fsp3) is 0.250. The minimum Gasteiger partial charge on any atom is -0.379 e. The average Bonchev–Trinajstić information content (AvgIpc) is 3.21. The van der Waals surface area contributed by atoms with Gasteiger partial charge in [-0.3, -0.25) is 4.90 Å². The van der Waals surface area contributed by atoms with Gasteiger partial charge in [-0.2, -0.15) is 0 Å². The zero-order valence-corrected chi connectivity index (χ0v) is 16.8. The average molecular weight is 399 g/mol. The van der Waals surface area contributed by atoms with Gasteiger partial charge < -0.3 is 15.0 Å². The van der Waals surface area contributed by atoms with Crippen LogP contribution >= 0.6 is 0 Å². The van der Waals surface area contributed by atoms with Crippen molar-refractivity contribution >= 4 is 16.9 Å². The third-order valence-electron chi connectivity index (χ3n) is 5.54. The lowest BCUT2D eigenvalue weighted by Crippen LogP contribution is -2.39. The number of fused-ring (bicyclic) bond motifs is 1. The molecule has 0 aliphatic carbocycles. The highest BCUT2D eigenvalue weighted by atomic mass is 16.5. The third kappa shape index (κ3) is 3.79.